The lowest BCUT2D eigenvalue weighted by Crippen LogP contribution is -2.63. The van der Waals surface area contributed by atoms with E-state index >= 15 is 0 Å². The zero-order chi connectivity index (χ0) is 23.3. The van der Waals surface area contributed by atoms with E-state index in [1.54, 1.807) is 25.1 Å². The van der Waals surface area contributed by atoms with E-state index in [9.17, 15) is 25.3 Å². The summed E-state index contributed by atoms with van der Waals surface area (Å²) in [5, 5.41) is 25.9. The first-order valence-corrected chi connectivity index (χ1v) is 13.5. The Balaban J connectivity index is 6.67. The maximum Gasteiger partial charge on any atom is 0.313 e. The molecule has 3 N–H and O–H groups in total. The highest BCUT2D eigenvalue weighted by molar-refractivity contribution is 8.24. The summed E-state index contributed by atoms with van der Waals surface area (Å²) in [6.07, 6.45) is -0.852. The number of nitrogens with zero attached hydrogens (tertiary/aromatic N) is 3. The first-order valence-electron chi connectivity index (χ1n) is 9.08. The van der Waals surface area contributed by atoms with Gasteiger partial charge in [0.25, 0.3) is 0 Å². The molecule has 0 aromatic heterocycles. The van der Waals surface area contributed by atoms with Gasteiger partial charge in [0.1, 0.15) is 0 Å². The Labute approximate surface area is 178 Å². The van der Waals surface area contributed by atoms with Crippen molar-refractivity contribution in [1.29, 1.82) is 15.8 Å². The van der Waals surface area contributed by atoms with E-state index in [-0.39, 0.29) is 25.7 Å². The Hall–Kier alpha value is -1.80. The number of hydrogen-bond acceptors (Lipinski definition) is 9. The van der Waals surface area contributed by atoms with Crippen molar-refractivity contribution in [2.45, 2.75) is 55.3 Å². The minimum atomic E-state index is -5.09. The van der Waals surface area contributed by atoms with Gasteiger partial charge in [0, 0.05) is 45.3 Å². The van der Waals surface area contributed by atoms with Crippen molar-refractivity contribution in [3.63, 3.8) is 0 Å². The summed E-state index contributed by atoms with van der Waals surface area (Å²) in [5.74, 6) is 0. The molecular formula is C15H26N6O6S3. The molecule has 15 heteroatoms. The van der Waals surface area contributed by atoms with E-state index in [0.717, 1.165) is 0 Å². The lowest BCUT2D eigenvalue weighted by molar-refractivity contribution is 0.514. The average molecular weight is 483 g/mol. The van der Waals surface area contributed by atoms with Crippen LogP contribution in [0, 0.1) is 34.0 Å². The zero-order valence-electron chi connectivity index (χ0n) is 16.6. The Bertz CT molecular complexity index is 865. The molecule has 0 saturated heterocycles. The first-order chi connectivity index (χ1) is 14.0. The lowest BCUT2D eigenvalue weighted by atomic mass is 10.2. The predicted molar refractivity (Wildman–Crippen MR) is 108 cm³/mol. The van der Waals surface area contributed by atoms with Crippen LogP contribution in [0.25, 0.3) is 0 Å². The fourth-order valence-corrected chi connectivity index (χ4v) is 10.0. The fraction of sp³-hybridized carbons (Fsp3) is 0.800. The first kappa shape index (κ1) is 28.2. The van der Waals surface area contributed by atoms with E-state index in [2.05, 4.69) is 0 Å². The monoisotopic (exact) mass is 482 g/mol. The molecule has 0 fully saturated rings. The van der Waals surface area contributed by atoms with E-state index in [1.807, 2.05) is 14.2 Å². The summed E-state index contributed by atoms with van der Waals surface area (Å²) in [4.78, 5) is 0. The molecule has 0 saturated carbocycles. The highest BCUT2D eigenvalue weighted by atomic mass is 32.3. The largest absolute Gasteiger partial charge is 0.313 e. The van der Waals surface area contributed by atoms with Crippen LogP contribution in [0.4, 0.5) is 0 Å². The molecule has 30 heavy (non-hydrogen) atoms. The van der Waals surface area contributed by atoms with Crippen LogP contribution in [0.15, 0.2) is 0 Å². The normalized spacial score (nSPS) is 12.6. The molecule has 0 atom stereocenters. The maximum absolute atomic E-state index is 13.1. The third kappa shape index (κ3) is 6.87. The van der Waals surface area contributed by atoms with Crippen molar-refractivity contribution in [1.82, 2.24) is 14.2 Å². The molecule has 0 aliphatic heterocycles. The summed E-state index contributed by atoms with van der Waals surface area (Å²) in [6, 6.07) is 5.03. The van der Waals surface area contributed by atoms with E-state index in [1.165, 1.54) is 0 Å². The van der Waals surface area contributed by atoms with Crippen molar-refractivity contribution in [3.05, 3.63) is 0 Å². The number of sulfonamides is 3. The fourth-order valence-electron chi connectivity index (χ4n) is 2.48. The standard InChI is InChI=1S/C15H26N6O6S3/c1-2-3-4-8-15(28(22,23)19-12-5-9-16,29(24,25)20-13-6-10-17)30(26,27)21-14-7-11-18/h19-21H,2-8,12-14H2,1H3. The molecule has 0 rings (SSSR count). The van der Waals surface area contributed by atoms with Gasteiger partial charge in [0.2, 0.25) is 30.1 Å². The number of rotatable bonds is 16. The second-order valence-corrected chi connectivity index (χ2v) is 12.8. The Morgan fingerprint density at radius 2 is 1.00 bits per heavy atom. The molecular weight excluding hydrogens is 456 g/mol. The SMILES string of the molecule is CCCCCC(S(=O)(=O)NCCC#N)(S(=O)(=O)NCCC#N)S(=O)(=O)NCCC#N. The second kappa shape index (κ2) is 12.8. The van der Waals surface area contributed by atoms with Crippen molar-refractivity contribution in [2.24, 2.45) is 0 Å². The summed E-state index contributed by atoms with van der Waals surface area (Å²) < 4.78 is 80.9. The van der Waals surface area contributed by atoms with Gasteiger partial charge in [0.15, 0.2) is 0 Å². The number of nitrogens with one attached hydrogen (secondary N) is 3. The van der Waals surface area contributed by atoms with Gasteiger partial charge in [0.05, 0.1) is 18.2 Å². The lowest BCUT2D eigenvalue weighted by Gasteiger charge is -2.32. The van der Waals surface area contributed by atoms with Crippen molar-refractivity contribution in [2.75, 3.05) is 19.6 Å². The Morgan fingerprint density at radius 1 is 0.667 bits per heavy atom. The third-order valence-corrected chi connectivity index (χ3v) is 12.7. The van der Waals surface area contributed by atoms with Crippen LogP contribution >= 0.6 is 0 Å². The van der Waals surface area contributed by atoms with Crippen molar-refractivity contribution < 1.29 is 25.3 Å². The number of unbranched alkanes of at least 4 members (excludes halogenated alkanes) is 2. The number of hydrogen-bond donors (Lipinski definition) is 3. The maximum atomic E-state index is 13.1. The van der Waals surface area contributed by atoms with Gasteiger partial charge in [-0.3, -0.25) is 0 Å². The van der Waals surface area contributed by atoms with Crippen molar-refractivity contribution >= 4 is 30.1 Å². The topological polar surface area (TPSA) is 210 Å². The highest BCUT2D eigenvalue weighted by Gasteiger charge is 2.64. The van der Waals surface area contributed by atoms with Gasteiger partial charge in [-0.2, -0.15) is 15.8 Å². The summed E-state index contributed by atoms with van der Waals surface area (Å²) >= 11 is 0. The van der Waals surface area contributed by atoms with Gasteiger partial charge < -0.3 is 0 Å². The van der Waals surface area contributed by atoms with E-state index < -0.39 is 59.5 Å². The molecule has 170 valence electrons. The summed E-state index contributed by atoms with van der Waals surface area (Å²) in [7, 11) is -15.3. The molecule has 0 amide bonds. The third-order valence-electron chi connectivity index (χ3n) is 3.90. The van der Waals surface area contributed by atoms with Crippen LogP contribution in [0.5, 0.6) is 0 Å². The molecule has 0 aliphatic rings. The zero-order valence-corrected chi connectivity index (χ0v) is 19.0. The van der Waals surface area contributed by atoms with Crippen LogP contribution in [0.3, 0.4) is 0 Å². The van der Waals surface area contributed by atoms with Crippen molar-refractivity contribution in [3.8, 4) is 18.2 Å². The van der Waals surface area contributed by atoms with Crippen LogP contribution < -0.4 is 14.2 Å². The van der Waals surface area contributed by atoms with Gasteiger partial charge in [-0.05, 0) is 6.42 Å². The van der Waals surface area contributed by atoms with Gasteiger partial charge in [-0.15, -0.1) is 0 Å². The molecule has 0 radical (unpaired) electrons. The Morgan fingerprint density at radius 3 is 1.27 bits per heavy atom. The minimum absolute atomic E-state index is 0.0476. The minimum Gasteiger partial charge on any atom is -0.212 e. The highest BCUT2D eigenvalue weighted by Crippen LogP contribution is 2.35. The average Bonchev–Trinajstić information content (AvgIpc) is 2.65. The van der Waals surface area contributed by atoms with Crippen LogP contribution in [-0.4, -0.2) is 48.3 Å². The predicted octanol–water partition coefficient (Wildman–Crippen LogP) is -0.280. The second-order valence-electron chi connectivity index (χ2n) is 6.06. The molecule has 12 nitrogen and oxygen atoms in total. The quantitative estimate of drug-likeness (QED) is 0.246. The van der Waals surface area contributed by atoms with Gasteiger partial charge >= 0.3 is 3.41 Å². The molecule has 0 heterocycles. The van der Waals surface area contributed by atoms with Crippen LogP contribution in [0.1, 0.15) is 51.9 Å². The van der Waals surface area contributed by atoms with Crippen LogP contribution in [-0.2, 0) is 30.1 Å². The summed E-state index contributed by atoms with van der Waals surface area (Å²) in [6.45, 7) is 0.294. The van der Waals surface area contributed by atoms with E-state index in [0.29, 0.717) is 12.8 Å². The molecule has 0 aromatic carbocycles. The molecule has 0 aromatic rings. The molecule has 0 aliphatic carbocycles. The molecule has 0 spiro atoms. The number of nitriles is 3. The Kier molecular flexibility index (Phi) is 12.0. The smallest absolute Gasteiger partial charge is 0.212 e. The van der Waals surface area contributed by atoms with Gasteiger partial charge in [-0.25, -0.2) is 39.4 Å². The van der Waals surface area contributed by atoms with Crippen LogP contribution in [0.2, 0.25) is 0 Å². The van der Waals surface area contributed by atoms with Gasteiger partial charge in [-0.1, -0.05) is 19.8 Å². The van der Waals surface area contributed by atoms with E-state index in [4.69, 9.17) is 15.8 Å². The molecule has 0 unspecified atom stereocenters. The summed E-state index contributed by atoms with van der Waals surface area (Å²) in [5.41, 5.74) is 0. The molecule has 0 bridgehead atoms.